The number of alkyl halides is 3. The van der Waals surface area contributed by atoms with Gasteiger partial charge in [0.25, 0.3) is 5.79 Å². The number of rotatable bonds is 2. The van der Waals surface area contributed by atoms with Crippen LogP contribution in [0.4, 0.5) is 13.2 Å². The second-order valence-corrected chi connectivity index (χ2v) is 5.83. The van der Waals surface area contributed by atoms with Crippen molar-refractivity contribution in [1.29, 1.82) is 0 Å². The van der Waals surface area contributed by atoms with Crippen LogP contribution >= 0.6 is 15.9 Å². The van der Waals surface area contributed by atoms with E-state index in [0.717, 1.165) is 12.1 Å². The number of hydrogen-bond acceptors (Lipinski definition) is 5. The lowest BCUT2D eigenvalue weighted by Crippen LogP contribution is -2.41. The molecule has 0 saturated carbocycles. The van der Waals surface area contributed by atoms with Gasteiger partial charge in [-0.25, -0.2) is 9.59 Å². The number of ether oxygens (including phenoxy) is 3. The molecule has 0 spiro atoms. The molecule has 1 aliphatic rings. The van der Waals surface area contributed by atoms with Crippen LogP contribution in [0.2, 0.25) is 0 Å². The maximum atomic E-state index is 12.3. The molecular weight excluding hydrogens is 385 g/mol. The minimum atomic E-state index is -4.87. The Balaban J connectivity index is 2.34. The van der Waals surface area contributed by atoms with Crippen molar-refractivity contribution < 1.29 is 37.0 Å². The van der Waals surface area contributed by atoms with Gasteiger partial charge < -0.3 is 14.2 Å². The molecule has 0 unspecified atom stereocenters. The lowest BCUT2D eigenvalue weighted by molar-refractivity contribution is -0.275. The average Bonchev–Trinajstić information content (AvgIpc) is 2.34. The lowest BCUT2D eigenvalue weighted by atomic mass is 10.1. The molecule has 0 aromatic heterocycles. The molecule has 0 amide bonds. The first-order chi connectivity index (χ1) is 10.5. The third-order valence-corrected chi connectivity index (χ3v) is 3.26. The number of cyclic esters (lactones) is 2. The standard InChI is InChI=1S/C14H10BrF3O5/c1-13(2)22-11(19)8(12(20)23-13)5-7-3-4-9(15)10(6-7)21-14(16,17)18/h3-6H,1-2H3. The van der Waals surface area contributed by atoms with Crippen molar-refractivity contribution in [3.05, 3.63) is 33.8 Å². The van der Waals surface area contributed by atoms with E-state index in [1.54, 1.807) is 0 Å². The highest BCUT2D eigenvalue weighted by Gasteiger charge is 2.39. The first kappa shape index (κ1) is 17.3. The fraction of sp³-hybridized carbons (Fsp3) is 0.286. The van der Waals surface area contributed by atoms with E-state index in [-0.39, 0.29) is 10.0 Å². The molecule has 1 heterocycles. The van der Waals surface area contributed by atoms with Crippen molar-refractivity contribution in [3.63, 3.8) is 0 Å². The quantitative estimate of drug-likeness (QED) is 0.436. The summed E-state index contributed by atoms with van der Waals surface area (Å²) in [6.45, 7) is 2.77. The van der Waals surface area contributed by atoms with Crippen LogP contribution < -0.4 is 4.74 Å². The lowest BCUT2D eigenvalue weighted by Gasteiger charge is -2.29. The Bertz CT molecular complexity index is 672. The maximum absolute atomic E-state index is 12.3. The van der Waals surface area contributed by atoms with Crippen LogP contribution in [0.1, 0.15) is 19.4 Å². The topological polar surface area (TPSA) is 61.8 Å². The van der Waals surface area contributed by atoms with Gasteiger partial charge in [-0.2, -0.15) is 0 Å². The molecule has 0 N–H and O–H groups in total. The van der Waals surface area contributed by atoms with E-state index < -0.39 is 35.4 Å². The van der Waals surface area contributed by atoms with Gasteiger partial charge in [0, 0.05) is 13.8 Å². The molecule has 1 aromatic carbocycles. The maximum Gasteiger partial charge on any atom is 0.573 e. The number of hydrogen-bond donors (Lipinski definition) is 0. The Morgan fingerprint density at radius 1 is 1.17 bits per heavy atom. The summed E-state index contributed by atoms with van der Waals surface area (Å²) in [4.78, 5) is 23.6. The molecule has 0 atom stereocenters. The van der Waals surface area contributed by atoms with Crippen LogP contribution in [0.3, 0.4) is 0 Å². The number of esters is 2. The zero-order valence-corrected chi connectivity index (χ0v) is 13.4. The summed E-state index contributed by atoms with van der Waals surface area (Å²) >= 11 is 2.92. The number of carbonyl (C=O) groups excluding carboxylic acids is 2. The molecule has 23 heavy (non-hydrogen) atoms. The second kappa shape index (κ2) is 5.88. The minimum Gasteiger partial charge on any atom is -0.419 e. The van der Waals surface area contributed by atoms with Crippen LogP contribution in [-0.2, 0) is 19.1 Å². The first-order valence-electron chi connectivity index (χ1n) is 6.20. The largest absolute Gasteiger partial charge is 0.573 e. The average molecular weight is 395 g/mol. The van der Waals surface area contributed by atoms with E-state index in [1.807, 2.05) is 0 Å². The third kappa shape index (κ3) is 4.47. The van der Waals surface area contributed by atoms with Crippen LogP contribution in [0.25, 0.3) is 6.08 Å². The fourth-order valence-electron chi connectivity index (χ4n) is 1.76. The molecule has 1 aliphatic heterocycles. The predicted octanol–water partition coefficient (Wildman–Crippen LogP) is 3.57. The molecular formula is C14H10BrF3O5. The molecule has 0 aliphatic carbocycles. The highest BCUT2D eigenvalue weighted by atomic mass is 79.9. The van der Waals surface area contributed by atoms with Gasteiger partial charge in [0.15, 0.2) is 0 Å². The molecule has 0 bridgehead atoms. The van der Waals surface area contributed by atoms with Crippen molar-refractivity contribution in [2.75, 3.05) is 0 Å². The fourth-order valence-corrected chi connectivity index (χ4v) is 2.09. The van der Waals surface area contributed by atoms with Gasteiger partial charge in [0.2, 0.25) is 0 Å². The number of carbonyl (C=O) groups is 2. The summed E-state index contributed by atoms with van der Waals surface area (Å²) in [5.74, 6) is -3.75. The van der Waals surface area contributed by atoms with Crippen molar-refractivity contribution in [2.45, 2.75) is 26.0 Å². The smallest absolute Gasteiger partial charge is 0.419 e. The van der Waals surface area contributed by atoms with Crippen molar-refractivity contribution in [1.82, 2.24) is 0 Å². The molecule has 1 aromatic rings. The Morgan fingerprint density at radius 2 is 1.74 bits per heavy atom. The molecule has 124 valence electrons. The van der Waals surface area contributed by atoms with E-state index in [1.165, 1.54) is 26.0 Å². The predicted molar refractivity (Wildman–Crippen MR) is 75.1 cm³/mol. The molecule has 1 saturated heterocycles. The van der Waals surface area contributed by atoms with Crippen molar-refractivity contribution >= 4 is 33.9 Å². The van der Waals surface area contributed by atoms with Gasteiger partial charge in [0.05, 0.1) is 4.47 Å². The van der Waals surface area contributed by atoms with E-state index >= 15 is 0 Å². The zero-order valence-electron chi connectivity index (χ0n) is 11.9. The molecule has 9 heteroatoms. The summed E-state index contributed by atoms with van der Waals surface area (Å²) < 4.78 is 50.6. The monoisotopic (exact) mass is 394 g/mol. The minimum absolute atomic E-state index is 0.0619. The Hall–Kier alpha value is -2.03. The van der Waals surface area contributed by atoms with E-state index in [4.69, 9.17) is 9.47 Å². The highest BCUT2D eigenvalue weighted by Crippen LogP contribution is 2.32. The first-order valence-corrected chi connectivity index (χ1v) is 7.00. The van der Waals surface area contributed by atoms with E-state index in [9.17, 15) is 22.8 Å². The molecule has 1 fully saturated rings. The van der Waals surface area contributed by atoms with Gasteiger partial charge in [-0.05, 0) is 39.7 Å². The summed E-state index contributed by atoms with van der Waals surface area (Å²) in [7, 11) is 0. The van der Waals surface area contributed by atoms with E-state index in [0.29, 0.717) is 0 Å². The van der Waals surface area contributed by atoms with E-state index in [2.05, 4.69) is 20.7 Å². The number of benzene rings is 1. The van der Waals surface area contributed by atoms with Crippen LogP contribution in [0.15, 0.2) is 28.2 Å². The summed E-state index contributed by atoms with van der Waals surface area (Å²) in [5, 5.41) is 0. The Kier molecular flexibility index (Phi) is 4.43. The van der Waals surface area contributed by atoms with Crippen molar-refractivity contribution in [2.24, 2.45) is 0 Å². The Labute approximate surface area is 137 Å². The van der Waals surface area contributed by atoms with Crippen LogP contribution in [0.5, 0.6) is 5.75 Å². The van der Waals surface area contributed by atoms with Gasteiger partial charge in [0.1, 0.15) is 11.3 Å². The van der Waals surface area contributed by atoms with Crippen LogP contribution in [-0.4, -0.2) is 24.1 Å². The van der Waals surface area contributed by atoms with Crippen LogP contribution in [0, 0.1) is 0 Å². The molecule has 5 nitrogen and oxygen atoms in total. The van der Waals surface area contributed by atoms with Gasteiger partial charge >= 0.3 is 18.3 Å². The number of halogens is 4. The summed E-state index contributed by atoms with van der Waals surface area (Å²) in [6, 6.07) is 3.70. The Morgan fingerprint density at radius 3 is 2.26 bits per heavy atom. The summed E-state index contributed by atoms with van der Waals surface area (Å²) in [5.41, 5.74) is -0.291. The summed E-state index contributed by atoms with van der Waals surface area (Å²) in [6.07, 6.45) is -3.81. The highest BCUT2D eigenvalue weighted by molar-refractivity contribution is 9.10. The second-order valence-electron chi connectivity index (χ2n) is 4.97. The SMILES string of the molecule is CC1(C)OC(=O)C(=Cc2ccc(Br)c(OC(F)(F)F)c2)C(=O)O1. The van der Waals surface area contributed by atoms with Gasteiger partial charge in [-0.15, -0.1) is 13.2 Å². The third-order valence-electron chi connectivity index (χ3n) is 2.61. The zero-order chi connectivity index (χ0) is 17.4. The molecule has 2 rings (SSSR count). The van der Waals surface area contributed by atoms with Gasteiger partial charge in [-0.3, -0.25) is 0 Å². The molecule has 0 radical (unpaired) electrons. The van der Waals surface area contributed by atoms with Gasteiger partial charge in [-0.1, -0.05) is 6.07 Å². The van der Waals surface area contributed by atoms with Crippen molar-refractivity contribution in [3.8, 4) is 5.75 Å². The normalized spacial score (nSPS) is 17.4.